The molecule has 1 saturated heterocycles. The Morgan fingerprint density at radius 3 is 2.71 bits per heavy atom. The number of halogens is 2. The maximum absolute atomic E-state index is 12.1. The molecule has 2 heterocycles. The molecule has 1 aliphatic rings. The summed E-state index contributed by atoms with van der Waals surface area (Å²) in [4.78, 5) is 21.9. The van der Waals surface area contributed by atoms with Gasteiger partial charge in [-0.25, -0.2) is 14.8 Å². The van der Waals surface area contributed by atoms with Crippen LogP contribution < -0.4 is 0 Å². The van der Waals surface area contributed by atoms with E-state index < -0.39 is 5.60 Å². The first kappa shape index (κ1) is 16.3. The van der Waals surface area contributed by atoms with Crippen molar-refractivity contribution in [3.05, 3.63) is 22.2 Å². The van der Waals surface area contributed by atoms with Crippen LogP contribution in [0.5, 0.6) is 0 Å². The second-order valence-corrected chi connectivity index (χ2v) is 6.88. The average Bonchev–Trinajstić information content (AvgIpc) is 2.36. The van der Waals surface area contributed by atoms with Gasteiger partial charge in [-0.2, -0.15) is 0 Å². The van der Waals surface area contributed by atoms with Gasteiger partial charge in [-0.05, 0) is 51.3 Å². The molecule has 1 atom stereocenters. The van der Waals surface area contributed by atoms with Crippen molar-refractivity contribution in [3.8, 4) is 0 Å². The fourth-order valence-electron chi connectivity index (χ4n) is 2.33. The fraction of sp³-hybridized carbons (Fsp3) is 0.643. The first-order valence-electron chi connectivity index (χ1n) is 6.92. The topological polar surface area (TPSA) is 55.3 Å². The summed E-state index contributed by atoms with van der Waals surface area (Å²) in [5, 5.41) is 0.450. The van der Waals surface area contributed by atoms with Crippen LogP contribution in [0.2, 0.25) is 10.4 Å². The van der Waals surface area contributed by atoms with Gasteiger partial charge in [0.1, 0.15) is 10.8 Å². The Hall–Kier alpha value is -1.07. The first-order valence-corrected chi connectivity index (χ1v) is 7.68. The predicted octanol–water partition coefficient (Wildman–Crippen LogP) is 3.90. The summed E-state index contributed by atoms with van der Waals surface area (Å²) in [6, 6.07) is 1.71. The molecule has 5 nitrogen and oxygen atoms in total. The van der Waals surface area contributed by atoms with Crippen LogP contribution in [-0.4, -0.2) is 39.7 Å². The molecule has 0 bridgehead atoms. The van der Waals surface area contributed by atoms with Crippen molar-refractivity contribution in [1.29, 1.82) is 0 Å². The summed E-state index contributed by atoms with van der Waals surface area (Å²) in [7, 11) is 0. The summed E-state index contributed by atoms with van der Waals surface area (Å²) >= 11 is 11.8. The van der Waals surface area contributed by atoms with Crippen LogP contribution >= 0.6 is 23.2 Å². The fourth-order valence-corrected chi connectivity index (χ4v) is 2.75. The third-order valence-corrected chi connectivity index (χ3v) is 3.54. The van der Waals surface area contributed by atoms with Crippen LogP contribution in [0.3, 0.4) is 0 Å². The van der Waals surface area contributed by atoms with Crippen molar-refractivity contribution >= 4 is 29.3 Å². The van der Waals surface area contributed by atoms with Crippen LogP contribution in [0.4, 0.5) is 4.79 Å². The summed E-state index contributed by atoms with van der Waals surface area (Å²) < 4.78 is 5.41. The zero-order chi connectivity index (χ0) is 15.6. The largest absolute Gasteiger partial charge is 0.444 e. The van der Waals surface area contributed by atoms with Crippen molar-refractivity contribution in [2.24, 2.45) is 0 Å². The van der Waals surface area contributed by atoms with E-state index in [9.17, 15) is 4.79 Å². The van der Waals surface area contributed by atoms with Crippen LogP contribution in [0.1, 0.15) is 45.2 Å². The van der Waals surface area contributed by atoms with Gasteiger partial charge >= 0.3 is 6.09 Å². The van der Waals surface area contributed by atoms with E-state index in [-0.39, 0.29) is 17.3 Å². The SMILES string of the molecule is CC(C)(C)OC(=O)N1CCCC(c2cc(Cl)nc(Cl)n2)C1. The molecule has 0 aliphatic carbocycles. The molecule has 21 heavy (non-hydrogen) atoms. The normalized spacial score (nSPS) is 19.5. The second-order valence-electron chi connectivity index (χ2n) is 6.15. The molecule has 0 N–H and O–H groups in total. The molecule has 1 fully saturated rings. The molecule has 1 aromatic heterocycles. The van der Waals surface area contributed by atoms with E-state index in [2.05, 4.69) is 9.97 Å². The van der Waals surface area contributed by atoms with Crippen molar-refractivity contribution in [1.82, 2.24) is 14.9 Å². The van der Waals surface area contributed by atoms with E-state index in [1.54, 1.807) is 11.0 Å². The minimum absolute atomic E-state index is 0.101. The maximum Gasteiger partial charge on any atom is 0.410 e. The lowest BCUT2D eigenvalue weighted by Crippen LogP contribution is -2.42. The highest BCUT2D eigenvalue weighted by molar-refractivity contribution is 6.31. The molecule has 1 amide bonds. The van der Waals surface area contributed by atoms with Crippen LogP contribution in [0, 0.1) is 0 Å². The molecular weight excluding hydrogens is 313 g/mol. The highest BCUT2D eigenvalue weighted by Gasteiger charge is 2.29. The Kier molecular flexibility index (Phi) is 4.94. The van der Waals surface area contributed by atoms with Gasteiger partial charge < -0.3 is 9.64 Å². The number of hydrogen-bond acceptors (Lipinski definition) is 4. The van der Waals surface area contributed by atoms with Gasteiger partial charge in [0, 0.05) is 19.0 Å². The molecular formula is C14H19Cl2N3O2. The van der Waals surface area contributed by atoms with E-state index in [1.807, 2.05) is 20.8 Å². The minimum Gasteiger partial charge on any atom is -0.444 e. The maximum atomic E-state index is 12.1. The third kappa shape index (κ3) is 4.71. The van der Waals surface area contributed by atoms with Crippen molar-refractivity contribution in [3.63, 3.8) is 0 Å². The van der Waals surface area contributed by atoms with Gasteiger partial charge in [-0.1, -0.05) is 11.6 Å². The van der Waals surface area contributed by atoms with Gasteiger partial charge in [-0.15, -0.1) is 0 Å². The average molecular weight is 332 g/mol. The Morgan fingerprint density at radius 1 is 1.38 bits per heavy atom. The van der Waals surface area contributed by atoms with Gasteiger partial charge in [0.15, 0.2) is 0 Å². The highest BCUT2D eigenvalue weighted by atomic mass is 35.5. The molecule has 1 unspecified atom stereocenters. The molecule has 116 valence electrons. The van der Waals surface area contributed by atoms with Crippen LogP contribution in [0.25, 0.3) is 0 Å². The molecule has 2 rings (SSSR count). The summed E-state index contributed by atoms with van der Waals surface area (Å²) in [5.74, 6) is 0.101. The van der Waals surface area contributed by atoms with Crippen molar-refractivity contribution in [2.45, 2.75) is 45.1 Å². The standard InChI is InChI=1S/C14H19Cl2N3O2/c1-14(2,3)21-13(20)19-6-4-5-9(8-19)10-7-11(15)18-12(16)17-10/h7,9H,4-6,8H2,1-3H3. The van der Waals surface area contributed by atoms with Gasteiger partial charge in [0.2, 0.25) is 5.28 Å². The summed E-state index contributed by atoms with van der Waals surface area (Å²) in [6.07, 6.45) is 1.53. The number of carbonyl (C=O) groups is 1. The zero-order valence-corrected chi connectivity index (χ0v) is 13.9. The van der Waals surface area contributed by atoms with Crippen LogP contribution in [0.15, 0.2) is 6.07 Å². The number of aromatic nitrogens is 2. The molecule has 7 heteroatoms. The van der Waals surface area contributed by atoms with E-state index in [0.717, 1.165) is 18.5 Å². The zero-order valence-electron chi connectivity index (χ0n) is 12.4. The van der Waals surface area contributed by atoms with Crippen LogP contribution in [-0.2, 0) is 4.74 Å². The number of carbonyl (C=O) groups excluding carboxylic acids is 1. The molecule has 1 aliphatic heterocycles. The van der Waals surface area contributed by atoms with Gasteiger partial charge in [-0.3, -0.25) is 0 Å². The van der Waals surface area contributed by atoms with Crippen molar-refractivity contribution in [2.75, 3.05) is 13.1 Å². The predicted molar refractivity (Wildman–Crippen MR) is 81.8 cm³/mol. The molecule has 0 saturated carbocycles. The molecule has 0 radical (unpaired) electrons. The smallest absolute Gasteiger partial charge is 0.410 e. The third-order valence-electron chi connectivity index (χ3n) is 3.18. The Morgan fingerprint density at radius 2 is 2.10 bits per heavy atom. The second kappa shape index (κ2) is 6.36. The lowest BCUT2D eigenvalue weighted by molar-refractivity contribution is 0.0197. The van der Waals surface area contributed by atoms with E-state index in [4.69, 9.17) is 27.9 Å². The number of piperidine rings is 1. The number of rotatable bonds is 1. The number of nitrogens with zero attached hydrogens (tertiary/aromatic N) is 3. The Labute approximate surface area is 134 Å². The number of hydrogen-bond donors (Lipinski definition) is 0. The number of amides is 1. The van der Waals surface area contributed by atoms with Gasteiger partial charge in [0.25, 0.3) is 0 Å². The Bertz CT molecular complexity index is 511. The first-order chi connectivity index (χ1) is 9.74. The van der Waals surface area contributed by atoms with Gasteiger partial charge in [0.05, 0.1) is 5.69 Å². The van der Waals surface area contributed by atoms with E-state index in [0.29, 0.717) is 18.2 Å². The van der Waals surface area contributed by atoms with Crippen molar-refractivity contribution < 1.29 is 9.53 Å². The molecule has 0 aromatic carbocycles. The Balaban J connectivity index is 2.08. The van der Waals surface area contributed by atoms with E-state index >= 15 is 0 Å². The lowest BCUT2D eigenvalue weighted by Gasteiger charge is -2.33. The summed E-state index contributed by atoms with van der Waals surface area (Å²) in [6.45, 7) is 6.82. The highest BCUT2D eigenvalue weighted by Crippen LogP contribution is 2.28. The monoisotopic (exact) mass is 331 g/mol. The molecule has 0 spiro atoms. The van der Waals surface area contributed by atoms with E-state index in [1.165, 1.54) is 0 Å². The molecule has 1 aromatic rings. The quantitative estimate of drug-likeness (QED) is 0.578. The number of likely N-dealkylation sites (tertiary alicyclic amines) is 1. The lowest BCUT2D eigenvalue weighted by atomic mass is 9.95. The minimum atomic E-state index is -0.494. The number of ether oxygens (including phenoxy) is 1. The summed E-state index contributed by atoms with van der Waals surface area (Å²) in [5.41, 5.74) is 0.277.